The van der Waals surface area contributed by atoms with Gasteiger partial charge in [0.15, 0.2) is 5.82 Å². The average Bonchev–Trinajstić information content (AvgIpc) is 2.33. The van der Waals surface area contributed by atoms with Crippen LogP contribution in [-0.2, 0) is 0 Å². The van der Waals surface area contributed by atoms with Crippen LogP contribution in [0.5, 0.6) is 0 Å². The van der Waals surface area contributed by atoms with Gasteiger partial charge in [0.1, 0.15) is 0 Å². The van der Waals surface area contributed by atoms with Crippen molar-refractivity contribution in [2.75, 3.05) is 18.0 Å². The molecule has 0 aromatic heterocycles. The van der Waals surface area contributed by atoms with Crippen LogP contribution < -0.4 is 4.90 Å². The first-order valence-corrected chi connectivity index (χ1v) is 5.53. The van der Waals surface area contributed by atoms with Crippen molar-refractivity contribution < 1.29 is 13.7 Å². The Labute approximate surface area is 103 Å². The van der Waals surface area contributed by atoms with Crippen molar-refractivity contribution in [1.82, 2.24) is 0 Å². The van der Waals surface area contributed by atoms with Crippen molar-refractivity contribution in [3.05, 3.63) is 45.5 Å². The zero-order valence-electron chi connectivity index (χ0n) is 9.82. The summed E-state index contributed by atoms with van der Waals surface area (Å²) in [6.07, 6.45) is 2.71. The molecule has 0 saturated carbocycles. The van der Waals surface area contributed by atoms with Crippen LogP contribution in [-0.4, -0.2) is 18.0 Å². The standard InChI is InChI=1S/C12H12F2N2O2/c1-8-4-6-15(7-5-8)9-2-3-10(16(17)18)12(14)11(9)13/h2-4H,5-7H2,1H3. The van der Waals surface area contributed by atoms with E-state index in [1.54, 1.807) is 4.90 Å². The molecule has 0 aliphatic carbocycles. The average molecular weight is 254 g/mol. The maximum atomic E-state index is 13.8. The van der Waals surface area contributed by atoms with Gasteiger partial charge in [0.25, 0.3) is 0 Å². The summed E-state index contributed by atoms with van der Waals surface area (Å²) in [5.74, 6) is -2.55. The number of nitro benzene ring substituents is 1. The number of hydrogen-bond donors (Lipinski definition) is 0. The highest BCUT2D eigenvalue weighted by atomic mass is 19.2. The van der Waals surface area contributed by atoms with E-state index in [0.29, 0.717) is 13.1 Å². The number of rotatable bonds is 2. The number of nitro groups is 1. The van der Waals surface area contributed by atoms with Gasteiger partial charge in [0, 0.05) is 19.2 Å². The van der Waals surface area contributed by atoms with Crippen molar-refractivity contribution in [3.8, 4) is 0 Å². The molecule has 0 N–H and O–H groups in total. The summed E-state index contributed by atoms with van der Waals surface area (Å²) in [6, 6.07) is 2.25. The minimum Gasteiger partial charge on any atom is -0.365 e. The minimum absolute atomic E-state index is 0.0712. The fraction of sp³-hybridized carbons (Fsp3) is 0.333. The van der Waals surface area contributed by atoms with Crippen molar-refractivity contribution in [3.63, 3.8) is 0 Å². The van der Waals surface area contributed by atoms with Gasteiger partial charge in [-0.05, 0) is 19.4 Å². The number of benzene rings is 1. The molecular weight excluding hydrogens is 242 g/mol. The summed E-state index contributed by atoms with van der Waals surface area (Å²) in [7, 11) is 0. The Bertz CT molecular complexity index is 529. The molecule has 1 aromatic rings. The number of hydrogen-bond acceptors (Lipinski definition) is 3. The van der Waals surface area contributed by atoms with Gasteiger partial charge in [0.05, 0.1) is 10.6 Å². The molecule has 1 aromatic carbocycles. The lowest BCUT2D eigenvalue weighted by Gasteiger charge is -2.27. The fourth-order valence-corrected chi connectivity index (χ4v) is 1.90. The van der Waals surface area contributed by atoms with Crippen molar-refractivity contribution in [2.45, 2.75) is 13.3 Å². The van der Waals surface area contributed by atoms with Crippen LogP contribution in [0.15, 0.2) is 23.8 Å². The highest BCUT2D eigenvalue weighted by Crippen LogP contribution is 2.29. The number of nitrogens with zero attached hydrogens (tertiary/aromatic N) is 2. The molecule has 0 amide bonds. The van der Waals surface area contributed by atoms with Gasteiger partial charge in [0.2, 0.25) is 5.82 Å². The van der Waals surface area contributed by atoms with Gasteiger partial charge in [-0.2, -0.15) is 4.39 Å². The van der Waals surface area contributed by atoms with Crippen molar-refractivity contribution in [1.29, 1.82) is 0 Å². The van der Waals surface area contributed by atoms with Gasteiger partial charge in [-0.15, -0.1) is 0 Å². The van der Waals surface area contributed by atoms with Gasteiger partial charge < -0.3 is 4.90 Å². The van der Waals surface area contributed by atoms with E-state index in [4.69, 9.17) is 0 Å². The zero-order chi connectivity index (χ0) is 13.3. The third-order valence-electron chi connectivity index (χ3n) is 3.02. The smallest absolute Gasteiger partial charge is 0.308 e. The van der Waals surface area contributed by atoms with Gasteiger partial charge >= 0.3 is 5.69 Å². The molecule has 0 fully saturated rings. The Morgan fingerprint density at radius 2 is 2.06 bits per heavy atom. The topological polar surface area (TPSA) is 46.4 Å². The van der Waals surface area contributed by atoms with Crippen LogP contribution in [0.3, 0.4) is 0 Å². The van der Waals surface area contributed by atoms with E-state index in [1.165, 1.54) is 11.6 Å². The van der Waals surface area contributed by atoms with E-state index < -0.39 is 22.2 Å². The largest absolute Gasteiger partial charge is 0.365 e. The minimum atomic E-state index is -1.40. The molecule has 1 heterocycles. The van der Waals surface area contributed by atoms with Crippen LogP contribution in [0.2, 0.25) is 0 Å². The Kier molecular flexibility index (Phi) is 3.27. The SMILES string of the molecule is CC1=CCN(c2ccc([N+](=O)[O-])c(F)c2F)CC1. The summed E-state index contributed by atoms with van der Waals surface area (Å²) in [6.45, 7) is 3.04. The first-order chi connectivity index (χ1) is 8.50. The molecule has 0 radical (unpaired) electrons. The Morgan fingerprint density at radius 1 is 1.33 bits per heavy atom. The number of anilines is 1. The van der Waals surface area contributed by atoms with Crippen LogP contribution >= 0.6 is 0 Å². The van der Waals surface area contributed by atoms with E-state index >= 15 is 0 Å². The Morgan fingerprint density at radius 3 is 2.61 bits per heavy atom. The molecule has 2 rings (SSSR count). The second kappa shape index (κ2) is 4.72. The van der Waals surface area contributed by atoms with E-state index in [-0.39, 0.29) is 5.69 Å². The van der Waals surface area contributed by atoms with Crippen molar-refractivity contribution in [2.24, 2.45) is 0 Å². The summed E-state index contributed by atoms with van der Waals surface area (Å²) < 4.78 is 27.2. The maximum absolute atomic E-state index is 13.8. The lowest BCUT2D eigenvalue weighted by molar-refractivity contribution is -0.387. The Balaban J connectivity index is 2.36. The van der Waals surface area contributed by atoms with Gasteiger partial charge in [-0.3, -0.25) is 10.1 Å². The summed E-state index contributed by atoms with van der Waals surface area (Å²) >= 11 is 0. The Hall–Kier alpha value is -1.98. The first-order valence-electron chi connectivity index (χ1n) is 5.53. The van der Waals surface area contributed by atoms with Crippen LogP contribution in [0.4, 0.5) is 20.2 Å². The summed E-state index contributed by atoms with van der Waals surface area (Å²) in [5.41, 5.74) is 0.441. The molecule has 0 saturated heterocycles. The lowest BCUT2D eigenvalue weighted by atomic mass is 10.1. The van der Waals surface area contributed by atoms with E-state index in [9.17, 15) is 18.9 Å². The molecule has 0 atom stereocenters. The molecule has 1 aliphatic heterocycles. The number of halogens is 2. The maximum Gasteiger partial charge on any atom is 0.308 e. The highest BCUT2D eigenvalue weighted by Gasteiger charge is 2.24. The lowest BCUT2D eigenvalue weighted by Crippen LogP contribution is -2.29. The molecule has 6 heteroatoms. The summed E-state index contributed by atoms with van der Waals surface area (Å²) in [5, 5.41) is 10.5. The summed E-state index contributed by atoms with van der Waals surface area (Å²) in [4.78, 5) is 11.2. The van der Waals surface area contributed by atoms with Crippen LogP contribution in [0, 0.1) is 21.7 Å². The van der Waals surface area contributed by atoms with E-state index in [2.05, 4.69) is 0 Å². The van der Waals surface area contributed by atoms with E-state index in [1.807, 2.05) is 13.0 Å². The molecular formula is C12H12F2N2O2. The quantitative estimate of drug-likeness (QED) is 0.463. The van der Waals surface area contributed by atoms with Gasteiger partial charge in [-0.25, -0.2) is 4.39 Å². The monoisotopic (exact) mass is 254 g/mol. The first kappa shape index (κ1) is 12.5. The molecule has 0 spiro atoms. The van der Waals surface area contributed by atoms with Crippen LogP contribution in [0.25, 0.3) is 0 Å². The van der Waals surface area contributed by atoms with E-state index in [0.717, 1.165) is 12.5 Å². The van der Waals surface area contributed by atoms with Crippen molar-refractivity contribution >= 4 is 11.4 Å². The van der Waals surface area contributed by atoms with Crippen LogP contribution in [0.1, 0.15) is 13.3 Å². The normalized spacial score (nSPS) is 15.5. The predicted octanol–water partition coefficient (Wildman–Crippen LogP) is 3.03. The molecule has 4 nitrogen and oxygen atoms in total. The zero-order valence-corrected chi connectivity index (χ0v) is 9.82. The predicted molar refractivity (Wildman–Crippen MR) is 63.6 cm³/mol. The second-order valence-electron chi connectivity index (χ2n) is 4.24. The molecule has 96 valence electrons. The molecule has 18 heavy (non-hydrogen) atoms. The third-order valence-corrected chi connectivity index (χ3v) is 3.02. The molecule has 0 bridgehead atoms. The molecule has 1 aliphatic rings. The highest BCUT2D eigenvalue weighted by molar-refractivity contribution is 5.54. The molecule has 0 unspecified atom stereocenters. The van der Waals surface area contributed by atoms with Gasteiger partial charge in [-0.1, -0.05) is 11.6 Å². The fourth-order valence-electron chi connectivity index (χ4n) is 1.90. The third kappa shape index (κ3) is 2.18. The second-order valence-corrected chi connectivity index (χ2v) is 4.24.